The van der Waals surface area contributed by atoms with Crippen LogP contribution in [-0.4, -0.2) is 12.9 Å². The van der Waals surface area contributed by atoms with Crippen molar-refractivity contribution in [2.45, 2.75) is 66.2 Å². The predicted molar refractivity (Wildman–Crippen MR) is 105 cm³/mol. The number of carbonyl (C=O) groups excluding carboxylic acids is 1. The Morgan fingerprint density at radius 1 is 1.24 bits per heavy atom. The van der Waals surface area contributed by atoms with Gasteiger partial charge in [-0.2, -0.15) is 0 Å². The summed E-state index contributed by atoms with van der Waals surface area (Å²) in [6.45, 7) is 9.84. The van der Waals surface area contributed by atoms with Crippen molar-refractivity contribution in [3.05, 3.63) is 52.6 Å². The Balaban J connectivity index is 1.82. The molecule has 0 unspecified atom stereocenters. The summed E-state index contributed by atoms with van der Waals surface area (Å²) in [7, 11) is 0. The first kappa shape index (κ1) is 19.5. The van der Waals surface area contributed by atoms with Gasteiger partial charge in [-0.3, -0.25) is 0 Å². The van der Waals surface area contributed by atoms with E-state index in [9.17, 15) is 4.79 Å². The molecule has 0 saturated heterocycles. The average Bonchev–Trinajstić information content (AvgIpc) is 2.57. The van der Waals surface area contributed by atoms with Crippen molar-refractivity contribution in [3.63, 3.8) is 0 Å². The maximum Gasteiger partial charge on any atom is 0.124 e. The molecule has 0 aliphatic heterocycles. The third-order valence-corrected chi connectivity index (χ3v) is 5.28. The van der Waals surface area contributed by atoms with Crippen LogP contribution >= 0.6 is 0 Å². The SMILES string of the molecule is CC(=CCCC1=C(C)CCCC1(C)C)COc1ccc(CC=O)cc1. The Bertz CT molecular complexity index is 633. The molecular formula is C23H32O2. The predicted octanol–water partition coefficient (Wildman–Crippen LogP) is 6.06. The van der Waals surface area contributed by atoms with E-state index in [2.05, 4.69) is 33.8 Å². The first-order valence-corrected chi connectivity index (χ1v) is 9.42. The van der Waals surface area contributed by atoms with Gasteiger partial charge in [-0.15, -0.1) is 0 Å². The van der Waals surface area contributed by atoms with Gasteiger partial charge in [0.05, 0.1) is 0 Å². The molecule has 2 heteroatoms. The van der Waals surface area contributed by atoms with Gasteiger partial charge in [0.25, 0.3) is 0 Å². The molecule has 1 aliphatic rings. The molecule has 0 heterocycles. The number of benzene rings is 1. The van der Waals surface area contributed by atoms with Crippen LogP contribution in [0.4, 0.5) is 0 Å². The van der Waals surface area contributed by atoms with Gasteiger partial charge in [-0.25, -0.2) is 0 Å². The zero-order valence-electron chi connectivity index (χ0n) is 16.2. The molecular weight excluding hydrogens is 308 g/mol. The maximum atomic E-state index is 10.5. The van der Waals surface area contributed by atoms with E-state index in [0.29, 0.717) is 18.4 Å². The fourth-order valence-electron chi connectivity index (χ4n) is 3.76. The van der Waals surface area contributed by atoms with Gasteiger partial charge in [0.15, 0.2) is 0 Å². The summed E-state index contributed by atoms with van der Waals surface area (Å²) in [6, 6.07) is 7.77. The number of hydrogen-bond donors (Lipinski definition) is 0. The summed E-state index contributed by atoms with van der Waals surface area (Å²) in [5, 5.41) is 0. The van der Waals surface area contributed by atoms with E-state index in [0.717, 1.165) is 30.4 Å². The Morgan fingerprint density at radius 2 is 1.96 bits per heavy atom. The molecule has 136 valence electrons. The number of rotatable bonds is 8. The minimum absolute atomic E-state index is 0.365. The lowest BCUT2D eigenvalue weighted by atomic mass is 9.71. The largest absolute Gasteiger partial charge is 0.489 e. The number of aldehydes is 1. The lowest BCUT2D eigenvalue weighted by Gasteiger charge is -2.34. The number of hydrogen-bond acceptors (Lipinski definition) is 2. The quantitative estimate of drug-likeness (QED) is 0.425. The van der Waals surface area contributed by atoms with Gasteiger partial charge >= 0.3 is 0 Å². The van der Waals surface area contributed by atoms with Crippen LogP contribution < -0.4 is 4.74 Å². The van der Waals surface area contributed by atoms with Crippen molar-refractivity contribution in [1.82, 2.24) is 0 Å². The van der Waals surface area contributed by atoms with Gasteiger partial charge in [0.1, 0.15) is 18.6 Å². The van der Waals surface area contributed by atoms with Crippen molar-refractivity contribution >= 4 is 6.29 Å². The number of carbonyl (C=O) groups is 1. The Kier molecular flexibility index (Phi) is 7.04. The molecule has 25 heavy (non-hydrogen) atoms. The van der Waals surface area contributed by atoms with Crippen LogP contribution in [0.2, 0.25) is 0 Å². The third-order valence-electron chi connectivity index (χ3n) is 5.28. The highest BCUT2D eigenvalue weighted by atomic mass is 16.5. The van der Waals surface area contributed by atoms with Crippen LogP contribution in [0.25, 0.3) is 0 Å². The second-order valence-electron chi connectivity index (χ2n) is 7.89. The molecule has 0 amide bonds. The summed E-state index contributed by atoms with van der Waals surface area (Å²) in [4.78, 5) is 10.5. The van der Waals surface area contributed by atoms with Crippen LogP contribution in [0.3, 0.4) is 0 Å². The van der Waals surface area contributed by atoms with E-state index in [4.69, 9.17) is 4.74 Å². The van der Waals surface area contributed by atoms with Crippen molar-refractivity contribution in [2.24, 2.45) is 5.41 Å². The van der Waals surface area contributed by atoms with Crippen molar-refractivity contribution in [2.75, 3.05) is 6.61 Å². The summed E-state index contributed by atoms with van der Waals surface area (Å²) in [5.41, 5.74) is 5.92. The van der Waals surface area contributed by atoms with E-state index in [1.807, 2.05) is 24.3 Å². The van der Waals surface area contributed by atoms with Gasteiger partial charge in [0, 0.05) is 6.42 Å². The number of allylic oxidation sites excluding steroid dienone is 3. The molecule has 2 nitrogen and oxygen atoms in total. The standard InChI is InChI=1S/C23H32O2/c1-18(17-25-21-12-10-20(11-13-21)14-16-24)7-5-9-22-19(2)8-6-15-23(22,3)4/h7,10-13,16H,5-6,8-9,14-15,17H2,1-4H3. The summed E-state index contributed by atoms with van der Waals surface area (Å²) in [6.07, 6.45) is 9.86. The number of ether oxygens (including phenoxy) is 1. The molecule has 1 aromatic rings. The summed E-state index contributed by atoms with van der Waals surface area (Å²) >= 11 is 0. The highest BCUT2D eigenvalue weighted by Gasteiger charge is 2.27. The second-order valence-corrected chi connectivity index (χ2v) is 7.89. The molecule has 1 aliphatic carbocycles. The fraction of sp³-hybridized carbons (Fsp3) is 0.522. The van der Waals surface area contributed by atoms with Crippen molar-refractivity contribution in [3.8, 4) is 5.75 Å². The Labute approximate surface area is 153 Å². The second kappa shape index (κ2) is 9.03. The van der Waals surface area contributed by atoms with E-state index in [1.165, 1.54) is 24.8 Å². The normalized spacial score (nSPS) is 17.5. The summed E-state index contributed by atoms with van der Waals surface area (Å²) < 4.78 is 5.84. The lowest BCUT2D eigenvalue weighted by molar-refractivity contribution is -0.107. The first-order valence-electron chi connectivity index (χ1n) is 9.42. The van der Waals surface area contributed by atoms with Crippen molar-refractivity contribution < 1.29 is 9.53 Å². The molecule has 0 bridgehead atoms. The molecule has 0 radical (unpaired) electrons. The topological polar surface area (TPSA) is 26.3 Å². The monoisotopic (exact) mass is 340 g/mol. The fourth-order valence-corrected chi connectivity index (χ4v) is 3.76. The van der Waals surface area contributed by atoms with E-state index in [1.54, 1.807) is 11.1 Å². The lowest BCUT2D eigenvalue weighted by Crippen LogP contribution is -2.20. The minimum Gasteiger partial charge on any atom is -0.489 e. The molecule has 0 saturated carbocycles. The average molecular weight is 341 g/mol. The molecule has 0 spiro atoms. The zero-order chi connectivity index (χ0) is 18.3. The van der Waals surface area contributed by atoms with Gasteiger partial charge in [-0.1, -0.05) is 43.2 Å². The highest BCUT2D eigenvalue weighted by Crippen LogP contribution is 2.42. The third kappa shape index (κ3) is 5.88. The van der Waals surface area contributed by atoms with Crippen LogP contribution in [0, 0.1) is 5.41 Å². The van der Waals surface area contributed by atoms with Gasteiger partial charge in [0.2, 0.25) is 0 Å². The first-order chi connectivity index (χ1) is 11.9. The van der Waals surface area contributed by atoms with Gasteiger partial charge in [-0.05, 0) is 74.6 Å². The van der Waals surface area contributed by atoms with Crippen LogP contribution in [0.5, 0.6) is 5.75 Å². The van der Waals surface area contributed by atoms with E-state index in [-0.39, 0.29) is 0 Å². The molecule has 0 N–H and O–H groups in total. The molecule has 1 aromatic carbocycles. The molecule has 0 aromatic heterocycles. The minimum atomic E-state index is 0.365. The van der Waals surface area contributed by atoms with Crippen LogP contribution in [-0.2, 0) is 11.2 Å². The van der Waals surface area contributed by atoms with Gasteiger partial charge < -0.3 is 9.53 Å². The molecule has 0 atom stereocenters. The molecule has 0 fully saturated rings. The summed E-state index contributed by atoms with van der Waals surface area (Å²) in [5.74, 6) is 0.856. The zero-order valence-corrected chi connectivity index (χ0v) is 16.2. The van der Waals surface area contributed by atoms with Crippen molar-refractivity contribution in [1.29, 1.82) is 0 Å². The van der Waals surface area contributed by atoms with Crippen LogP contribution in [0.15, 0.2) is 47.1 Å². The smallest absolute Gasteiger partial charge is 0.124 e. The van der Waals surface area contributed by atoms with E-state index >= 15 is 0 Å². The van der Waals surface area contributed by atoms with Crippen LogP contribution in [0.1, 0.15) is 65.4 Å². The Hall–Kier alpha value is -1.83. The highest BCUT2D eigenvalue weighted by molar-refractivity contribution is 5.55. The maximum absolute atomic E-state index is 10.5. The Morgan fingerprint density at radius 3 is 2.60 bits per heavy atom. The van der Waals surface area contributed by atoms with E-state index < -0.39 is 0 Å². The molecule has 2 rings (SSSR count).